The van der Waals surface area contributed by atoms with Crippen LogP contribution in [0.25, 0.3) is 55.6 Å². The minimum atomic E-state index is -1.34. The third kappa shape index (κ3) is 8.99. The molecule has 0 N–H and O–H groups in total. The van der Waals surface area contributed by atoms with Crippen molar-refractivity contribution >= 4 is 35.2 Å². The van der Waals surface area contributed by atoms with E-state index < -0.39 is 8.07 Å². The number of benzene rings is 4. The first-order chi connectivity index (χ1) is 23.8. The van der Waals surface area contributed by atoms with Gasteiger partial charge in [0, 0.05) is 37.9 Å². The second kappa shape index (κ2) is 15.6. The van der Waals surface area contributed by atoms with Gasteiger partial charge in [-0.2, -0.15) is 0 Å². The van der Waals surface area contributed by atoms with Crippen molar-refractivity contribution in [2.75, 3.05) is 0 Å². The predicted octanol–water partition coefficient (Wildman–Crippen LogP) is 12.1. The Morgan fingerprint density at radius 1 is 0.784 bits per heavy atom. The molecule has 7 aromatic rings. The molecule has 0 spiro atoms. The minimum absolute atomic E-state index is 0. The molecule has 51 heavy (non-hydrogen) atoms. The summed E-state index contributed by atoms with van der Waals surface area (Å²) in [5, 5.41) is 3.56. The van der Waals surface area contributed by atoms with Gasteiger partial charge in [0.1, 0.15) is 11.4 Å². The molecule has 263 valence electrons. The van der Waals surface area contributed by atoms with E-state index in [9.17, 15) is 4.39 Å². The summed E-state index contributed by atoms with van der Waals surface area (Å²) in [5.41, 5.74) is 10.3. The van der Waals surface area contributed by atoms with Crippen LogP contribution >= 0.6 is 0 Å². The first-order valence-electron chi connectivity index (χ1n) is 17.3. The van der Waals surface area contributed by atoms with Gasteiger partial charge in [-0.05, 0) is 69.7 Å². The monoisotopic (exact) mass is 869 g/mol. The van der Waals surface area contributed by atoms with Crippen LogP contribution in [-0.4, -0.2) is 18.0 Å². The summed E-state index contributed by atoms with van der Waals surface area (Å²) in [6.45, 7) is 18.4. The van der Waals surface area contributed by atoms with Crippen LogP contribution in [0.4, 0.5) is 4.39 Å². The van der Waals surface area contributed by atoms with E-state index in [2.05, 4.69) is 113 Å². The average molecular weight is 869 g/mol. The number of pyridine rings is 2. The van der Waals surface area contributed by atoms with Crippen molar-refractivity contribution in [1.82, 2.24) is 9.97 Å². The minimum Gasteiger partial charge on any atom is -0.501 e. The third-order valence-corrected chi connectivity index (χ3v) is 10.8. The largest absolute Gasteiger partial charge is 0.501 e. The Morgan fingerprint density at radius 3 is 2.20 bits per heavy atom. The van der Waals surface area contributed by atoms with Gasteiger partial charge in [0.05, 0.1) is 13.7 Å². The summed E-state index contributed by atoms with van der Waals surface area (Å²) < 4.78 is 19.6. The van der Waals surface area contributed by atoms with Gasteiger partial charge in [-0.15, -0.1) is 54.1 Å². The maximum atomic E-state index is 13.3. The molecule has 6 heteroatoms. The zero-order valence-electron chi connectivity index (χ0n) is 30.7. The van der Waals surface area contributed by atoms with Crippen molar-refractivity contribution < 1.29 is 28.9 Å². The molecule has 0 amide bonds. The number of furan rings is 1. The second-order valence-electron chi connectivity index (χ2n) is 15.5. The Bertz CT molecular complexity index is 2250. The summed E-state index contributed by atoms with van der Waals surface area (Å²) in [4.78, 5) is 9.27. The van der Waals surface area contributed by atoms with Crippen LogP contribution in [0.15, 0.2) is 114 Å². The summed E-state index contributed by atoms with van der Waals surface area (Å²) in [7, 11) is -1.34. The first-order valence-corrected chi connectivity index (χ1v) is 20.8. The maximum Gasteiger partial charge on any atom is 0.123 e. The molecule has 0 atom stereocenters. The fourth-order valence-electron chi connectivity index (χ4n) is 6.36. The van der Waals surface area contributed by atoms with E-state index in [1.807, 2.05) is 48.7 Å². The first kappa shape index (κ1) is 38.0. The number of halogens is 1. The van der Waals surface area contributed by atoms with Crippen LogP contribution in [0, 0.1) is 23.4 Å². The molecule has 3 heterocycles. The number of hydrogen-bond donors (Lipinski definition) is 0. The predicted molar refractivity (Wildman–Crippen MR) is 210 cm³/mol. The zero-order chi connectivity index (χ0) is 35.6. The second-order valence-corrected chi connectivity index (χ2v) is 20.6. The van der Waals surface area contributed by atoms with Crippen molar-refractivity contribution in [3.05, 3.63) is 139 Å². The van der Waals surface area contributed by atoms with E-state index in [0.29, 0.717) is 5.92 Å². The molecule has 0 aliphatic heterocycles. The standard InChI is InChI=1S/C28H23FNO.C17H22NSi.Ir/c1-28(2,3)17-18-13-14-30-25(15-18)24-6-4-5-23-22-12-9-20(16-26(22)31-27(23)24)19-7-10-21(29)11-8-19;1-13(2)15-11-16(14-9-7-6-8-10-14)18-12-17(15)19(3,4)5;/h4-5,7-16H,17H2,1-3H3;6-9,11-13H,1-5H3;/q2*-1;. The number of rotatable bonds is 6. The molecule has 0 fully saturated rings. The normalized spacial score (nSPS) is 11.7. The molecule has 0 aliphatic carbocycles. The van der Waals surface area contributed by atoms with Gasteiger partial charge in [-0.1, -0.05) is 113 Å². The van der Waals surface area contributed by atoms with Crippen molar-refractivity contribution in [1.29, 1.82) is 0 Å². The molecular formula is C45H45FIrN2OSi-2. The van der Waals surface area contributed by atoms with E-state index in [1.54, 1.807) is 12.1 Å². The molecule has 7 rings (SSSR count). The Balaban J connectivity index is 0.000000218. The smallest absolute Gasteiger partial charge is 0.123 e. The van der Waals surface area contributed by atoms with E-state index in [1.165, 1.54) is 28.4 Å². The van der Waals surface area contributed by atoms with Crippen LogP contribution in [0.1, 0.15) is 51.7 Å². The van der Waals surface area contributed by atoms with Crippen LogP contribution in [0.5, 0.6) is 0 Å². The Kier molecular flexibility index (Phi) is 11.6. The summed E-state index contributed by atoms with van der Waals surface area (Å²) in [6, 6.07) is 37.7. The maximum absolute atomic E-state index is 13.3. The van der Waals surface area contributed by atoms with Gasteiger partial charge >= 0.3 is 0 Å². The van der Waals surface area contributed by atoms with Gasteiger partial charge in [0.2, 0.25) is 0 Å². The zero-order valence-corrected chi connectivity index (χ0v) is 34.1. The molecule has 3 aromatic heterocycles. The van der Waals surface area contributed by atoms with E-state index in [-0.39, 0.29) is 31.3 Å². The SMILES string of the molecule is CC(C)(C)Cc1ccnc(-c2[c-]ccc3c2oc2cc(-c4ccc(F)cc4)ccc23)c1.CC(C)c1cc(-c2[c-]cccc2)ncc1[Si](C)(C)C.[Ir]. The van der Waals surface area contributed by atoms with Crippen LogP contribution in [0.3, 0.4) is 0 Å². The number of nitrogens with zero attached hydrogens (tertiary/aromatic N) is 2. The number of fused-ring (bicyclic) bond motifs is 3. The molecule has 0 unspecified atom stereocenters. The Labute approximate surface area is 316 Å². The third-order valence-electron chi connectivity index (χ3n) is 8.78. The number of hydrogen-bond acceptors (Lipinski definition) is 3. The fraction of sp³-hybridized carbons (Fsp3) is 0.244. The summed E-state index contributed by atoms with van der Waals surface area (Å²) in [6.07, 6.45) is 4.93. The van der Waals surface area contributed by atoms with Gasteiger partial charge < -0.3 is 14.4 Å². The number of aromatic nitrogens is 2. The van der Waals surface area contributed by atoms with Gasteiger partial charge in [-0.25, -0.2) is 4.39 Å². The van der Waals surface area contributed by atoms with Crippen LogP contribution in [-0.2, 0) is 26.5 Å². The van der Waals surface area contributed by atoms with Gasteiger partial charge in [-0.3, -0.25) is 0 Å². The van der Waals surface area contributed by atoms with Crippen molar-refractivity contribution in [2.45, 2.75) is 66.6 Å². The Morgan fingerprint density at radius 2 is 1.53 bits per heavy atom. The molecule has 4 aromatic carbocycles. The molecule has 0 bridgehead atoms. The van der Waals surface area contributed by atoms with Gasteiger partial charge in [0.15, 0.2) is 0 Å². The quantitative estimate of drug-likeness (QED) is 0.123. The molecule has 0 saturated heterocycles. The van der Waals surface area contributed by atoms with Gasteiger partial charge in [0.25, 0.3) is 0 Å². The van der Waals surface area contributed by atoms with E-state index in [0.717, 1.165) is 62.0 Å². The fourth-order valence-corrected chi connectivity index (χ4v) is 8.04. The van der Waals surface area contributed by atoms with Crippen LogP contribution in [0.2, 0.25) is 19.6 Å². The van der Waals surface area contributed by atoms with E-state index in [4.69, 9.17) is 4.42 Å². The summed E-state index contributed by atoms with van der Waals surface area (Å²) in [5.74, 6) is 0.294. The van der Waals surface area contributed by atoms with Crippen LogP contribution < -0.4 is 5.19 Å². The average Bonchev–Trinajstić information content (AvgIpc) is 3.46. The Hall–Kier alpha value is -4.22. The molecule has 0 saturated carbocycles. The van der Waals surface area contributed by atoms with Crippen molar-refractivity contribution in [2.24, 2.45) is 5.41 Å². The summed E-state index contributed by atoms with van der Waals surface area (Å²) >= 11 is 0. The van der Waals surface area contributed by atoms with Crippen molar-refractivity contribution in [3.8, 4) is 33.6 Å². The topological polar surface area (TPSA) is 38.9 Å². The molecular weight excluding hydrogens is 824 g/mol. The molecule has 0 aliphatic rings. The molecule has 3 nitrogen and oxygen atoms in total. The molecule has 1 radical (unpaired) electrons. The van der Waals surface area contributed by atoms with E-state index >= 15 is 0 Å². The van der Waals surface area contributed by atoms with Crippen molar-refractivity contribution in [3.63, 3.8) is 0 Å².